The Morgan fingerprint density at radius 1 is 1.12 bits per heavy atom. The summed E-state index contributed by atoms with van der Waals surface area (Å²) in [7, 11) is 0. The number of nitrogens with two attached hydrogens (primary N) is 1. The molecule has 120 valence electrons. The number of fused-ring (bicyclic) bond motifs is 1. The van der Waals surface area contributed by atoms with Crippen LogP contribution >= 0.6 is 0 Å². The zero-order valence-corrected chi connectivity index (χ0v) is 13.4. The topological polar surface area (TPSA) is 60.9 Å². The molecule has 3 rings (SSSR count). The van der Waals surface area contributed by atoms with Crippen molar-refractivity contribution in [3.05, 3.63) is 95.2 Å². The quantitative estimate of drug-likeness (QED) is 0.786. The van der Waals surface area contributed by atoms with Crippen LogP contribution in [0.2, 0.25) is 0 Å². The van der Waals surface area contributed by atoms with Gasteiger partial charge in [-0.05, 0) is 29.5 Å². The van der Waals surface area contributed by atoms with Crippen LogP contribution in [0.4, 0.5) is 0 Å². The lowest BCUT2D eigenvalue weighted by Crippen LogP contribution is -2.25. The minimum Gasteiger partial charge on any atom is -0.405 e. The lowest BCUT2D eigenvalue weighted by molar-refractivity contribution is 0.721. The van der Waals surface area contributed by atoms with Crippen LogP contribution in [0.3, 0.4) is 0 Å². The van der Waals surface area contributed by atoms with E-state index in [4.69, 9.17) is 5.73 Å². The van der Waals surface area contributed by atoms with Crippen LogP contribution < -0.4 is 11.3 Å². The lowest BCUT2D eigenvalue weighted by atomic mass is 10.1. The van der Waals surface area contributed by atoms with Gasteiger partial charge in [0.05, 0.1) is 17.4 Å². The zero-order valence-electron chi connectivity index (χ0n) is 13.4. The number of nitrogens with zero attached hydrogens (tertiary/aromatic N) is 2. The van der Waals surface area contributed by atoms with E-state index in [2.05, 4.69) is 11.6 Å². The van der Waals surface area contributed by atoms with Crippen LogP contribution in [0.1, 0.15) is 11.4 Å². The van der Waals surface area contributed by atoms with E-state index in [1.165, 1.54) is 6.20 Å². The average molecular weight is 317 g/mol. The van der Waals surface area contributed by atoms with Gasteiger partial charge < -0.3 is 5.73 Å². The maximum absolute atomic E-state index is 12.9. The standard InChI is InChI=1S/C20H19N3O/c1-15(16-8-3-2-4-9-16)14-23-19(12-7-13-21)22-18-11-6-5-10-17(18)20(23)24/h2-11,13H,1,12,14,21H2. The number of hydrogen-bond acceptors (Lipinski definition) is 3. The summed E-state index contributed by atoms with van der Waals surface area (Å²) in [6.07, 6.45) is 3.76. The number of allylic oxidation sites excluding steroid dienone is 2. The van der Waals surface area contributed by atoms with Crippen LogP contribution in [-0.2, 0) is 13.0 Å². The molecule has 0 saturated heterocycles. The molecule has 24 heavy (non-hydrogen) atoms. The van der Waals surface area contributed by atoms with E-state index >= 15 is 0 Å². The molecule has 4 nitrogen and oxygen atoms in total. The number of para-hydroxylation sites is 1. The van der Waals surface area contributed by atoms with Gasteiger partial charge in [-0.2, -0.15) is 0 Å². The molecule has 0 radical (unpaired) electrons. The molecule has 0 aliphatic heterocycles. The van der Waals surface area contributed by atoms with Gasteiger partial charge in [0.2, 0.25) is 0 Å². The van der Waals surface area contributed by atoms with E-state index in [1.54, 1.807) is 16.7 Å². The van der Waals surface area contributed by atoms with Gasteiger partial charge in [-0.15, -0.1) is 0 Å². The Bertz CT molecular complexity index is 956. The van der Waals surface area contributed by atoms with Crippen molar-refractivity contribution in [2.75, 3.05) is 0 Å². The molecule has 0 aliphatic rings. The Morgan fingerprint density at radius 2 is 1.83 bits per heavy atom. The van der Waals surface area contributed by atoms with Crippen molar-refractivity contribution in [1.29, 1.82) is 0 Å². The number of benzene rings is 2. The van der Waals surface area contributed by atoms with Gasteiger partial charge in [0.25, 0.3) is 5.56 Å². The summed E-state index contributed by atoms with van der Waals surface area (Å²) in [5.74, 6) is 0.678. The highest BCUT2D eigenvalue weighted by Gasteiger charge is 2.11. The van der Waals surface area contributed by atoms with Gasteiger partial charge in [0, 0.05) is 6.42 Å². The third-order valence-corrected chi connectivity index (χ3v) is 3.91. The average Bonchev–Trinajstić information content (AvgIpc) is 2.63. The molecule has 0 atom stereocenters. The Hall–Kier alpha value is -3.14. The van der Waals surface area contributed by atoms with E-state index in [1.807, 2.05) is 48.5 Å². The summed E-state index contributed by atoms with van der Waals surface area (Å²) < 4.78 is 1.68. The van der Waals surface area contributed by atoms with Gasteiger partial charge in [-0.1, -0.05) is 55.1 Å². The first-order valence-corrected chi connectivity index (χ1v) is 7.79. The first-order valence-electron chi connectivity index (χ1n) is 7.79. The van der Waals surface area contributed by atoms with Crippen molar-refractivity contribution >= 4 is 16.5 Å². The Kier molecular flexibility index (Phi) is 4.57. The zero-order chi connectivity index (χ0) is 16.9. The maximum atomic E-state index is 12.9. The molecule has 1 aromatic heterocycles. The molecule has 0 bridgehead atoms. The van der Waals surface area contributed by atoms with Crippen molar-refractivity contribution in [3.8, 4) is 0 Å². The van der Waals surface area contributed by atoms with Crippen LogP contribution in [-0.4, -0.2) is 9.55 Å². The number of hydrogen-bond donors (Lipinski definition) is 1. The minimum absolute atomic E-state index is 0.0573. The Balaban J connectivity index is 2.09. The van der Waals surface area contributed by atoms with Gasteiger partial charge in [0.1, 0.15) is 5.82 Å². The SMILES string of the molecule is C=C(Cn1c(CC=CN)nc2ccccc2c1=O)c1ccccc1. The molecule has 3 aromatic rings. The fraction of sp³-hybridized carbons (Fsp3) is 0.100. The van der Waals surface area contributed by atoms with E-state index in [9.17, 15) is 4.79 Å². The van der Waals surface area contributed by atoms with Crippen molar-refractivity contribution in [2.24, 2.45) is 5.73 Å². The molecule has 0 amide bonds. The van der Waals surface area contributed by atoms with E-state index < -0.39 is 0 Å². The molecule has 0 fully saturated rings. The van der Waals surface area contributed by atoms with Crippen molar-refractivity contribution < 1.29 is 0 Å². The number of aromatic nitrogens is 2. The lowest BCUT2D eigenvalue weighted by Gasteiger charge is -2.14. The molecular formula is C20H19N3O. The summed E-state index contributed by atoms with van der Waals surface area (Å²) in [4.78, 5) is 17.5. The maximum Gasteiger partial charge on any atom is 0.261 e. The molecule has 4 heteroatoms. The Labute approximate surface area is 140 Å². The Morgan fingerprint density at radius 3 is 2.58 bits per heavy atom. The summed E-state index contributed by atoms with van der Waals surface area (Å²) in [5, 5.41) is 0.610. The van der Waals surface area contributed by atoms with Crippen molar-refractivity contribution in [3.63, 3.8) is 0 Å². The predicted octanol–water partition coefficient (Wildman–Crippen LogP) is 3.12. The van der Waals surface area contributed by atoms with Crippen LogP contribution in [0, 0.1) is 0 Å². The van der Waals surface area contributed by atoms with E-state index in [0.717, 1.165) is 11.1 Å². The fourth-order valence-electron chi connectivity index (χ4n) is 2.66. The molecule has 1 heterocycles. The second kappa shape index (κ2) is 6.96. The second-order valence-electron chi connectivity index (χ2n) is 5.54. The normalized spacial score (nSPS) is 11.2. The summed E-state index contributed by atoms with van der Waals surface area (Å²) >= 11 is 0. The molecule has 2 N–H and O–H groups in total. The van der Waals surface area contributed by atoms with Gasteiger partial charge in [-0.25, -0.2) is 4.98 Å². The third-order valence-electron chi connectivity index (χ3n) is 3.91. The molecular weight excluding hydrogens is 298 g/mol. The van der Waals surface area contributed by atoms with Crippen LogP contribution in [0.15, 0.2) is 78.2 Å². The van der Waals surface area contributed by atoms with Gasteiger partial charge >= 0.3 is 0 Å². The second-order valence-corrected chi connectivity index (χ2v) is 5.54. The summed E-state index contributed by atoms with van der Waals surface area (Å²) in [6, 6.07) is 17.2. The summed E-state index contributed by atoms with van der Waals surface area (Å²) in [6.45, 7) is 4.53. The molecule has 0 spiro atoms. The van der Waals surface area contributed by atoms with Gasteiger partial charge in [-0.3, -0.25) is 9.36 Å². The fourth-order valence-corrected chi connectivity index (χ4v) is 2.66. The predicted molar refractivity (Wildman–Crippen MR) is 98.5 cm³/mol. The van der Waals surface area contributed by atoms with Crippen molar-refractivity contribution in [2.45, 2.75) is 13.0 Å². The van der Waals surface area contributed by atoms with E-state index in [0.29, 0.717) is 29.7 Å². The van der Waals surface area contributed by atoms with Crippen LogP contribution in [0.5, 0.6) is 0 Å². The molecule has 0 unspecified atom stereocenters. The van der Waals surface area contributed by atoms with E-state index in [-0.39, 0.29) is 5.56 Å². The highest BCUT2D eigenvalue weighted by Crippen LogP contribution is 2.16. The number of rotatable bonds is 5. The highest BCUT2D eigenvalue weighted by atomic mass is 16.1. The first kappa shape index (κ1) is 15.7. The van der Waals surface area contributed by atoms with Crippen molar-refractivity contribution in [1.82, 2.24) is 9.55 Å². The molecule has 2 aromatic carbocycles. The highest BCUT2D eigenvalue weighted by molar-refractivity contribution is 5.77. The monoisotopic (exact) mass is 317 g/mol. The molecule has 0 aliphatic carbocycles. The van der Waals surface area contributed by atoms with Gasteiger partial charge in [0.15, 0.2) is 0 Å². The first-order chi connectivity index (χ1) is 11.7. The van der Waals surface area contributed by atoms with Crippen LogP contribution in [0.25, 0.3) is 16.5 Å². The third kappa shape index (κ3) is 3.13. The smallest absolute Gasteiger partial charge is 0.261 e. The minimum atomic E-state index is -0.0573. The largest absolute Gasteiger partial charge is 0.405 e. The molecule has 0 saturated carbocycles. The summed E-state index contributed by atoms with van der Waals surface area (Å²) in [5.41, 5.74) is 7.98.